The molecule has 0 aromatic carbocycles. The summed E-state index contributed by atoms with van der Waals surface area (Å²) < 4.78 is 80.2. The van der Waals surface area contributed by atoms with Crippen molar-refractivity contribution in [3.63, 3.8) is 0 Å². The Bertz CT molecular complexity index is 1890. The van der Waals surface area contributed by atoms with E-state index in [-0.39, 0.29) is 35.9 Å². The Balaban J connectivity index is 0.000000656. The van der Waals surface area contributed by atoms with Gasteiger partial charge in [0.05, 0.1) is 0 Å². The van der Waals surface area contributed by atoms with Crippen LogP contribution < -0.4 is 11.1 Å². The third kappa shape index (κ3) is 20.4. The maximum absolute atomic E-state index is 12.3. The molecule has 53 heavy (non-hydrogen) atoms. The fourth-order valence-corrected chi connectivity index (χ4v) is 5.94. The van der Waals surface area contributed by atoms with E-state index in [1.54, 1.807) is 43.4 Å². The molecule has 294 valence electrons. The van der Waals surface area contributed by atoms with Gasteiger partial charge in [-0.3, -0.25) is 9.59 Å². The number of hydrogen-bond acceptors (Lipinski definition) is 2. The van der Waals surface area contributed by atoms with E-state index in [0.717, 1.165) is 35.1 Å². The molecule has 1 unspecified atom stereocenters. The zero-order valence-electron chi connectivity index (χ0n) is 44.5. The molecule has 2 aliphatic carbocycles. The van der Waals surface area contributed by atoms with Gasteiger partial charge in [0, 0.05) is 31.9 Å². The number of unbranched alkanes of at least 4 members (excludes halogenated alkanes) is 4. The summed E-state index contributed by atoms with van der Waals surface area (Å²) in [5.74, 6) is -0.590. The second kappa shape index (κ2) is 24.6. The summed E-state index contributed by atoms with van der Waals surface area (Å²) in [4.78, 5) is 23.1. The lowest BCUT2D eigenvalue weighted by Crippen LogP contribution is -2.31. The number of amides is 2. The van der Waals surface area contributed by atoms with Crippen LogP contribution >= 0.6 is 0 Å². The van der Waals surface area contributed by atoms with Crippen LogP contribution in [0, 0.1) is 10.8 Å². The van der Waals surface area contributed by atoms with Gasteiger partial charge >= 0.3 is 0 Å². The maximum atomic E-state index is 12.3. The van der Waals surface area contributed by atoms with Crippen molar-refractivity contribution < 1.29 is 23.3 Å². The van der Waals surface area contributed by atoms with Crippen LogP contribution in [0.15, 0.2) is 117 Å². The van der Waals surface area contributed by atoms with Crippen molar-refractivity contribution in [3.05, 3.63) is 117 Å². The smallest absolute Gasteiger partial charge is 0.244 e. The van der Waals surface area contributed by atoms with Crippen LogP contribution in [0.5, 0.6) is 0 Å². The molecule has 4 nitrogen and oxygen atoms in total. The molecule has 2 aliphatic rings. The number of allylic oxidation sites excluding steroid dienone is 18. The fourth-order valence-electron chi connectivity index (χ4n) is 5.94. The molecule has 0 radical (unpaired) electrons. The average Bonchev–Trinajstić information content (AvgIpc) is 3.11. The van der Waals surface area contributed by atoms with Crippen LogP contribution in [-0.4, -0.2) is 17.9 Å². The van der Waals surface area contributed by atoms with Crippen LogP contribution in [0.4, 0.5) is 0 Å². The summed E-state index contributed by atoms with van der Waals surface area (Å²) >= 11 is 0. The molecule has 0 saturated carbocycles. The second-order valence-corrected chi connectivity index (χ2v) is 15.7. The van der Waals surface area contributed by atoms with Gasteiger partial charge in [-0.05, 0) is 126 Å². The van der Waals surface area contributed by atoms with Crippen molar-refractivity contribution in [2.75, 3.05) is 0 Å². The van der Waals surface area contributed by atoms with Crippen LogP contribution in [0.3, 0.4) is 0 Å². The summed E-state index contributed by atoms with van der Waals surface area (Å²) in [5, 5.41) is 3.03. The van der Waals surface area contributed by atoms with Crippen molar-refractivity contribution in [2.24, 2.45) is 16.6 Å². The van der Waals surface area contributed by atoms with Crippen LogP contribution in [-0.2, 0) is 9.59 Å². The van der Waals surface area contributed by atoms with Crippen molar-refractivity contribution in [3.8, 4) is 0 Å². The van der Waals surface area contributed by atoms with Gasteiger partial charge < -0.3 is 11.1 Å². The van der Waals surface area contributed by atoms with Gasteiger partial charge in [0.15, 0.2) is 0 Å². The van der Waals surface area contributed by atoms with E-state index in [2.05, 4.69) is 12.2 Å². The minimum absolute atomic E-state index is 0.0779. The quantitative estimate of drug-likeness (QED) is 0.0887. The van der Waals surface area contributed by atoms with Gasteiger partial charge in [0.1, 0.15) is 0 Å². The van der Waals surface area contributed by atoms with Gasteiger partial charge in [0.25, 0.3) is 0 Å². The first-order chi connectivity index (χ1) is 28.8. The molecule has 0 aromatic heterocycles. The van der Waals surface area contributed by atoms with E-state index in [1.165, 1.54) is 31.8 Å². The normalized spacial score (nSPS) is 24.6. The van der Waals surface area contributed by atoms with Crippen LogP contribution in [0.25, 0.3) is 0 Å². The molecule has 0 spiro atoms. The fraction of sp³-hybridized carbons (Fsp3) is 0.551. The standard InChI is InChI=1S/C29H47NO.C20H29NO/c1-8-9-10-11-12-18-26(5)30-28(31)22-24(3)16-13-15-23(2)19-20-27-25(4)17-14-21-29(27,6)7;1-15(8-6-9-16(2)14-19(21)22)11-12-18-17(3)10-7-13-20(18,4)5/h13,15-16,19-20,22,26H,8-12,14,17-18,21H2,1-7H3,(H,30,31);6,8-9,11-12,14H,7,10,13H2,1-5H3,(H2,21,22)/i4D3,17D2;3D3,10D2. The Hall–Kier alpha value is -3.66. The van der Waals surface area contributed by atoms with Gasteiger partial charge in [-0.15, -0.1) is 0 Å². The van der Waals surface area contributed by atoms with Crippen molar-refractivity contribution >= 4 is 11.8 Å². The van der Waals surface area contributed by atoms with Gasteiger partial charge in [-0.2, -0.15) is 0 Å². The van der Waals surface area contributed by atoms with Crippen LogP contribution in [0.2, 0.25) is 0 Å². The highest BCUT2D eigenvalue weighted by molar-refractivity contribution is 5.88. The number of hydrogen-bond donors (Lipinski definition) is 2. The highest BCUT2D eigenvalue weighted by atomic mass is 16.1. The summed E-state index contributed by atoms with van der Waals surface area (Å²) in [6.45, 7) is 14.6. The Morgan fingerprint density at radius 3 is 1.68 bits per heavy atom. The molecule has 4 heteroatoms. The second-order valence-electron chi connectivity index (χ2n) is 15.7. The molecule has 0 fully saturated rings. The minimum Gasteiger partial charge on any atom is -0.366 e. The number of nitrogens with two attached hydrogens (primary N) is 1. The monoisotopic (exact) mass is 735 g/mol. The van der Waals surface area contributed by atoms with E-state index < -0.39 is 43.2 Å². The molecule has 0 bridgehead atoms. The highest BCUT2D eigenvalue weighted by Gasteiger charge is 2.27. The van der Waals surface area contributed by atoms with Crippen molar-refractivity contribution in [1.82, 2.24) is 5.32 Å². The molecule has 0 aliphatic heterocycles. The molecule has 0 heterocycles. The van der Waals surface area contributed by atoms with Crippen molar-refractivity contribution in [1.29, 1.82) is 0 Å². The summed E-state index contributed by atoms with van der Waals surface area (Å²) in [7, 11) is 0. The first-order valence-electron chi connectivity index (χ1n) is 24.3. The Morgan fingerprint density at radius 1 is 0.755 bits per heavy atom. The predicted octanol–water partition coefficient (Wildman–Crippen LogP) is 13.4. The molecule has 1 atom stereocenters. The summed E-state index contributed by atoms with van der Waals surface area (Å²) in [6.07, 6.45) is 26.0. The van der Waals surface area contributed by atoms with Gasteiger partial charge in [-0.1, -0.05) is 150 Å². The first kappa shape index (κ1) is 32.7. The summed E-state index contributed by atoms with van der Waals surface area (Å²) in [6, 6.07) is 0.156. The number of primary amides is 1. The third-order valence-corrected chi connectivity index (χ3v) is 9.42. The SMILES string of the molecule is [2H]C([2H])([2H])C1=C(C=CC(C)=CC=CC(C)=CC(=O)NC(C)CCCCCCC)C(C)(C)CCC1([2H])[2H].[2H]C([2H])([2H])C1=C(C=CC(C)=CC=CC(C)=CC(N)=O)C(C)(C)CCC1([2H])[2H]. The minimum atomic E-state index is -2.48. The van der Waals surface area contributed by atoms with E-state index in [4.69, 9.17) is 19.4 Å². The maximum Gasteiger partial charge on any atom is 0.244 e. The topological polar surface area (TPSA) is 72.2 Å². The number of nitrogens with one attached hydrogen (secondary N) is 1. The molecule has 2 rings (SSSR count). The van der Waals surface area contributed by atoms with E-state index >= 15 is 0 Å². The lowest BCUT2D eigenvalue weighted by atomic mass is 9.72. The Labute approximate surface area is 340 Å². The van der Waals surface area contributed by atoms with Crippen molar-refractivity contribution in [2.45, 2.75) is 166 Å². The number of carbonyl (C=O) groups is 2. The average molecular weight is 735 g/mol. The Kier molecular flexibility index (Phi) is 15.2. The van der Waals surface area contributed by atoms with E-state index in [9.17, 15) is 9.59 Å². The largest absolute Gasteiger partial charge is 0.366 e. The Morgan fingerprint density at radius 2 is 1.23 bits per heavy atom. The molecular weight excluding hydrogens is 649 g/mol. The van der Waals surface area contributed by atoms with E-state index in [1.807, 2.05) is 85.8 Å². The first-order valence-corrected chi connectivity index (χ1v) is 19.3. The number of carbonyl (C=O) groups excluding carboxylic acids is 2. The van der Waals surface area contributed by atoms with E-state index in [0.29, 0.717) is 24.0 Å². The molecular formula is C49H76N2O2. The van der Waals surface area contributed by atoms with Crippen LogP contribution in [0.1, 0.15) is 174 Å². The molecule has 2 amide bonds. The number of rotatable bonds is 17. The lowest BCUT2D eigenvalue weighted by Gasteiger charge is -2.33. The van der Waals surface area contributed by atoms with Gasteiger partial charge in [0.2, 0.25) is 11.8 Å². The molecule has 0 saturated heterocycles. The zero-order chi connectivity index (χ0) is 48.6. The molecule has 3 N–H and O–H groups in total. The summed E-state index contributed by atoms with van der Waals surface area (Å²) in [5.41, 5.74) is 8.53. The van der Waals surface area contributed by atoms with Gasteiger partial charge in [-0.25, -0.2) is 0 Å². The predicted molar refractivity (Wildman–Crippen MR) is 232 cm³/mol. The third-order valence-electron chi connectivity index (χ3n) is 9.42. The highest BCUT2D eigenvalue weighted by Crippen LogP contribution is 2.41. The lowest BCUT2D eigenvalue weighted by molar-refractivity contribution is -0.117. The molecule has 0 aromatic rings. The zero-order valence-corrected chi connectivity index (χ0v) is 34.5.